The van der Waals surface area contributed by atoms with E-state index in [4.69, 9.17) is 4.74 Å². The highest BCUT2D eigenvalue weighted by Crippen LogP contribution is 2.36. The summed E-state index contributed by atoms with van der Waals surface area (Å²) >= 11 is 3.38. The normalized spacial score (nSPS) is 22.7. The summed E-state index contributed by atoms with van der Waals surface area (Å²) < 4.78 is 7.59. The van der Waals surface area contributed by atoms with Crippen LogP contribution in [0.2, 0.25) is 0 Å². The molecule has 0 radical (unpaired) electrons. The minimum absolute atomic E-state index is 0.0766. The molecule has 0 unspecified atom stereocenters. The molecule has 2 N–H and O–H groups in total. The summed E-state index contributed by atoms with van der Waals surface area (Å²) in [5.41, 5.74) is 0.496. The highest BCUT2D eigenvalue weighted by molar-refractivity contribution is 9.10. The van der Waals surface area contributed by atoms with Gasteiger partial charge in [-0.05, 0) is 47.0 Å². The lowest BCUT2D eigenvalue weighted by atomic mass is 9.81. The number of aliphatic hydroxyl groups excluding tert-OH is 1. The highest BCUT2D eigenvalue weighted by Gasteiger charge is 2.36. The SMILES string of the molecule is CC1(CN2CC(C(=O)NC3CC3)=C(O)n3nc(Br)cc32)CCOCC1. The van der Waals surface area contributed by atoms with Gasteiger partial charge in [0.1, 0.15) is 10.4 Å². The van der Waals surface area contributed by atoms with Gasteiger partial charge in [0.15, 0.2) is 0 Å². The maximum absolute atomic E-state index is 12.6. The van der Waals surface area contributed by atoms with E-state index in [2.05, 4.69) is 38.2 Å². The number of nitrogens with one attached hydrogen (secondary N) is 1. The van der Waals surface area contributed by atoms with Gasteiger partial charge in [-0.25, -0.2) is 0 Å². The van der Waals surface area contributed by atoms with E-state index in [0.29, 0.717) is 16.7 Å². The zero-order valence-corrected chi connectivity index (χ0v) is 15.9. The second-order valence-electron chi connectivity index (χ2n) is 7.57. The lowest BCUT2D eigenvalue weighted by Gasteiger charge is -2.40. The van der Waals surface area contributed by atoms with E-state index >= 15 is 0 Å². The van der Waals surface area contributed by atoms with E-state index in [1.54, 1.807) is 0 Å². The van der Waals surface area contributed by atoms with Crippen LogP contribution in [0.25, 0.3) is 5.88 Å². The minimum atomic E-state index is -0.195. The fourth-order valence-electron chi connectivity index (χ4n) is 3.49. The van der Waals surface area contributed by atoms with Crippen molar-refractivity contribution in [2.75, 3.05) is 31.2 Å². The first-order valence-corrected chi connectivity index (χ1v) is 9.56. The molecule has 7 nitrogen and oxygen atoms in total. The van der Waals surface area contributed by atoms with Crippen molar-refractivity contribution in [2.24, 2.45) is 5.41 Å². The molecule has 136 valence electrons. The molecule has 0 bridgehead atoms. The molecule has 2 fully saturated rings. The van der Waals surface area contributed by atoms with Gasteiger partial charge in [-0.2, -0.15) is 9.78 Å². The van der Waals surface area contributed by atoms with E-state index in [0.717, 1.165) is 51.3 Å². The van der Waals surface area contributed by atoms with Crippen molar-refractivity contribution in [2.45, 2.75) is 38.6 Å². The van der Waals surface area contributed by atoms with Crippen molar-refractivity contribution in [1.82, 2.24) is 15.1 Å². The number of aromatic nitrogens is 2. The number of amides is 1. The molecule has 0 atom stereocenters. The number of aliphatic hydroxyl groups is 1. The molecule has 8 heteroatoms. The molecule has 0 spiro atoms. The van der Waals surface area contributed by atoms with Crippen molar-refractivity contribution in [3.05, 3.63) is 16.2 Å². The number of carbonyl (C=O) groups is 1. The van der Waals surface area contributed by atoms with E-state index in [9.17, 15) is 9.90 Å². The third-order valence-corrected chi connectivity index (χ3v) is 5.65. The van der Waals surface area contributed by atoms with Crippen molar-refractivity contribution in [1.29, 1.82) is 0 Å². The summed E-state index contributed by atoms with van der Waals surface area (Å²) in [5.74, 6) is 0.534. The molecule has 1 amide bonds. The minimum Gasteiger partial charge on any atom is -0.493 e. The molecule has 1 saturated heterocycles. The Morgan fingerprint density at radius 1 is 1.48 bits per heavy atom. The van der Waals surface area contributed by atoms with Gasteiger partial charge in [0.05, 0.1) is 12.1 Å². The number of ether oxygens (including phenoxy) is 1. The van der Waals surface area contributed by atoms with Crippen LogP contribution in [0.15, 0.2) is 16.2 Å². The Morgan fingerprint density at radius 3 is 2.88 bits per heavy atom. The van der Waals surface area contributed by atoms with Gasteiger partial charge in [-0.15, -0.1) is 0 Å². The summed E-state index contributed by atoms with van der Waals surface area (Å²) in [6.07, 6.45) is 4.00. The smallest absolute Gasteiger partial charge is 0.254 e. The zero-order valence-electron chi connectivity index (χ0n) is 14.3. The largest absolute Gasteiger partial charge is 0.493 e. The molecule has 1 saturated carbocycles. The van der Waals surface area contributed by atoms with Crippen LogP contribution < -0.4 is 10.2 Å². The standard InChI is InChI=1S/C17H23BrN4O3/c1-17(4-6-25-7-5-17)10-21-9-12(15(23)19-11-2-3-11)16(24)22-14(21)8-13(18)20-22/h8,11,24H,2-7,9-10H2,1H3,(H,19,23). The Morgan fingerprint density at radius 2 is 2.20 bits per heavy atom. The van der Waals surface area contributed by atoms with E-state index < -0.39 is 0 Å². The van der Waals surface area contributed by atoms with Gasteiger partial charge in [0.25, 0.3) is 5.91 Å². The van der Waals surface area contributed by atoms with Crippen molar-refractivity contribution in [3.63, 3.8) is 0 Å². The number of fused-ring (bicyclic) bond motifs is 1. The quantitative estimate of drug-likeness (QED) is 0.795. The summed E-state index contributed by atoms with van der Waals surface area (Å²) in [7, 11) is 0. The molecule has 1 aromatic heterocycles. The molecule has 1 aromatic rings. The van der Waals surface area contributed by atoms with Crippen molar-refractivity contribution in [3.8, 4) is 0 Å². The predicted molar refractivity (Wildman–Crippen MR) is 97.3 cm³/mol. The molecular formula is C17H23BrN4O3. The Balaban J connectivity index is 1.62. The highest BCUT2D eigenvalue weighted by atomic mass is 79.9. The Kier molecular flexibility index (Phi) is 4.27. The van der Waals surface area contributed by atoms with Crippen LogP contribution in [0.4, 0.5) is 5.82 Å². The van der Waals surface area contributed by atoms with Gasteiger partial charge in [0, 0.05) is 31.9 Å². The van der Waals surface area contributed by atoms with Gasteiger partial charge in [0.2, 0.25) is 5.88 Å². The lowest BCUT2D eigenvalue weighted by Crippen LogP contribution is -2.45. The fourth-order valence-corrected chi connectivity index (χ4v) is 3.85. The van der Waals surface area contributed by atoms with Crippen LogP contribution in [0.3, 0.4) is 0 Å². The zero-order chi connectivity index (χ0) is 17.6. The molecule has 25 heavy (non-hydrogen) atoms. The van der Waals surface area contributed by atoms with Gasteiger partial charge < -0.3 is 20.1 Å². The van der Waals surface area contributed by atoms with E-state index in [1.807, 2.05) is 6.07 Å². The molecule has 3 aliphatic rings. The van der Waals surface area contributed by atoms with Crippen LogP contribution in [-0.4, -0.2) is 53.1 Å². The first-order chi connectivity index (χ1) is 12.0. The predicted octanol–water partition coefficient (Wildman–Crippen LogP) is 2.29. The van der Waals surface area contributed by atoms with Crippen molar-refractivity contribution < 1.29 is 14.6 Å². The van der Waals surface area contributed by atoms with Crippen LogP contribution >= 0.6 is 15.9 Å². The number of anilines is 1. The topological polar surface area (TPSA) is 79.6 Å². The molecule has 4 rings (SSSR count). The van der Waals surface area contributed by atoms with Crippen LogP contribution in [-0.2, 0) is 9.53 Å². The molecule has 3 heterocycles. The first kappa shape index (κ1) is 16.9. The monoisotopic (exact) mass is 410 g/mol. The molecule has 2 aliphatic heterocycles. The van der Waals surface area contributed by atoms with Gasteiger partial charge in [-0.3, -0.25) is 4.79 Å². The number of carbonyl (C=O) groups excluding carboxylic acids is 1. The molecular weight excluding hydrogens is 388 g/mol. The average Bonchev–Trinajstić information content (AvgIpc) is 3.28. The Labute approximate surface area is 155 Å². The van der Waals surface area contributed by atoms with Crippen LogP contribution in [0.1, 0.15) is 32.6 Å². The van der Waals surface area contributed by atoms with Gasteiger partial charge in [-0.1, -0.05) is 6.92 Å². The van der Waals surface area contributed by atoms with Crippen molar-refractivity contribution >= 4 is 33.5 Å². The van der Waals surface area contributed by atoms with E-state index in [1.165, 1.54) is 4.68 Å². The third kappa shape index (κ3) is 3.42. The summed E-state index contributed by atoms with van der Waals surface area (Å²) in [6, 6.07) is 2.13. The third-order valence-electron chi connectivity index (χ3n) is 5.26. The van der Waals surface area contributed by atoms with Crippen LogP contribution in [0.5, 0.6) is 0 Å². The molecule has 0 aromatic carbocycles. The second-order valence-corrected chi connectivity index (χ2v) is 8.38. The maximum atomic E-state index is 12.6. The lowest BCUT2D eigenvalue weighted by molar-refractivity contribution is -0.117. The Hall–Kier alpha value is -1.54. The number of hydrogen-bond acceptors (Lipinski definition) is 5. The molecule has 1 aliphatic carbocycles. The fraction of sp³-hybridized carbons (Fsp3) is 0.647. The number of nitrogens with zero attached hydrogens (tertiary/aromatic N) is 3. The number of rotatable bonds is 4. The van der Waals surface area contributed by atoms with E-state index in [-0.39, 0.29) is 23.2 Å². The van der Waals surface area contributed by atoms with Gasteiger partial charge >= 0.3 is 0 Å². The number of hydrogen-bond donors (Lipinski definition) is 2. The first-order valence-electron chi connectivity index (χ1n) is 8.77. The summed E-state index contributed by atoms with van der Waals surface area (Å²) in [6.45, 7) is 4.97. The van der Waals surface area contributed by atoms with Crippen LogP contribution in [0, 0.1) is 5.41 Å². The summed E-state index contributed by atoms with van der Waals surface area (Å²) in [5, 5.41) is 17.9. The average molecular weight is 411 g/mol. The Bertz CT molecular complexity index is 719. The number of halogens is 1. The maximum Gasteiger partial charge on any atom is 0.254 e. The second kappa shape index (κ2) is 6.32. The summed E-state index contributed by atoms with van der Waals surface area (Å²) in [4.78, 5) is 14.7.